The van der Waals surface area contributed by atoms with Gasteiger partial charge in [-0.1, -0.05) is 23.7 Å². The van der Waals surface area contributed by atoms with Crippen molar-refractivity contribution in [3.05, 3.63) is 46.5 Å². The molecule has 1 heterocycles. The number of hydrogen-bond donors (Lipinski definition) is 2. The second kappa shape index (κ2) is 6.93. The van der Waals surface area contributed by atoms with Crippen LogP contribution in [0.4, 0.5) is 0 Å². The Balaban J connectivity index is 2.24. The molecule has 2 N–H and O–H groups in total. The molecule has 0 amide bonds. The Kier molecular flexibility index (Phi) is 4.84. The summed E-state index contributed by atoms with van der Waals surface area (Å²) in [5.41, 5.74) is -0.0538. The van der Waals surface area contributed by atoms with Crippen molar-refractivity contribution in [3.8, 4) is 18.2 Å². The first-order chi connectivity index (χ1) is 12.5. The molecule has 0 saturated heterocycles. The fourth-order valence-corrected chi connectivity index (χ4v) is 4.42. The molecule has 1 aromatic carbocycles. The van der Waals surface area contributed by atoms with Crippen molar-refractivity contribution in [1.29, 1.82) is 21.2 Å². The molecule has 2 aliphatic rings. The summed E-state index contributed by atoms with van der Waals surface area (Å²) in [7, 11) is 0. The van der Waals surface area contributed by atoms with Crippen molar-refractivity contribution in [2.24, 2.45) is 17.3 Å². The van der Waals surface area contributed by atoms with Gasteiger partial charge < -0.3 is 10.3 Å². The molecule has 26 heavy (non-hydrogen) atoms. The number of fused-ring (bicyclic) bond motifs is 1. The summed E-state index contributed by atoms with van der Waals surface area (Å²) in [6.07, 6.45) is 2.04. The topological polar surface area (TPSA) is 99.7 Å². The van der Waals surface area contributed by atoms with Crippen molar-refractivity contribution >= 4 is 17.3 Å². The molecule has 6 heteroatoms. The highest BCUT2D eigenvalue weighted by atomic mass is 35.5. The second-order valence-corrected chi connectivity index (χ2v) is 7.30. The Bertz CT molecular complexity index is 867. The van der Waals surface area contributed by atoms with Crippen LogP contribution in [0.15, 0.2) is 35.9 Å². The standard InChI is InChI=1S/C20H18ClN5/c1-2-26-8-7-15-16(9-22)19(25)20(11-23,12-24)18(17(15)10-26)13-3-5-14(21)6-4-13/h3-7,16-18,25H,2,8,10H2,1H3/p+1/t16?,17-,18-/m0/s1. The Morgan fingerprint density at radius 2 is 1.88 bits per heavy atom. The molecule has 1 saturated carbocycles. The molecule has 1 aliphatic carbocycles. The van der Waals surface area contributed by atoms with Crippen LogP contribution in [0.25, 0.3) is 0 Å². The zero-order valence-corrected chi connectivity index (χ0v) is 15.2. The minimum Gasteiger partial charge on any atom is -0.331 e. The highest BCUT2D eigenvalue weighted by Gasteiger charge is 2.58. The summed E-state index contributed by atoms with van der Waals surface area (Å²) in [5.74, 6) is -1.42. The number of nitrogens with zero attached hydrogens (tertiary/aromatic N) is 3. The zero-order valence-electron chi connectivity index (χ0n) is 14.5. The van der Waals surface area contributed by atoms with E-state index in [-0.39, 0.29) is 11.6 Å². The van der Waals surface area contributed by atoms with Gasteiger partial charge in [-0.3, -0.25) is 0 Å². The van der Waals surface area contributed by atoms with E-state index in [9.17, 15) is 15.8 Å². The summed E-state index contributed by atoms with van der Waals surface area (Å²) < 4.78 is 0. The molecule has 5 nitrogen and oxygen atoms in total. The smallest absolute Gasteiger partial charge is 0.189 e. The predicted octanol–water partition coefficient (Wildman–Crippen LogP) is 2.09. The third-order valence-electron chi connectivity index (χ3n) is 5.69. The van der Waals surface area contributed by atoms with E-state index in [0.29, 0.717) is 5.02 Å². The largest absolute Gasteiger partial charge is 0.331 e. The van der Waals surface area contributed by atoms with Crippen LogP contribution in [-0.2, 0) is 0 Å². The minimum atomic E-state index is -1.65. The quantitative estimate of drug-likeness (QED) is 0.786. The molecule has 0 bridgehead atoms. The van der Waals surface area contributed by atoms with Gasteiger partial charge in [0.05, 0.1) is 43.6 Å². The minimum absolute atomic E-state index is 0.104. The fraction of sp³-hybridized carbons (Fsp3) is 0.400. The Morgan fingerprint density at radius 3 is 2.42 bits per heavy atom. The van der Waals surface area contributed by atoms with E-state index < -0.39 is 17.3 Å². The Hall–Kier alpha value is -2.65. The van der Waals surface area contributed by atoms with Crippen LogP contribution in [0.1, 0.15) is 18.4 Å². The van der Waals surface area contributed by atoms with E-state index in [1.807, 2.05) is 18.2 Å². The monoisotopic (exact) mass is 364 g/mol. The number of nitriles is 3. The van der Waals surface area contributed by atoms with E-state index in [4.69, 9.17) is 17.0 Å². The van der Waals surface area contributed by atoms with E-state index >= 15 is 0 Å². The lowest BCUT2D eigenvalue weighted by atomic mass is 9.54. The van der Waals surface area contributed by atoms with Crippen LogP contribution in [-0.4, -0.2) is 25.3 Å². The van der Waals surface area contributed by atoms with Crippen LogP contribution >= 0.6 is 11.6 Å². The summed E-state index contributed by atoms with van der Waals surface area (Å²) in [6, 6.07) is 13.5. The van der Waals surface area contributed by atoms with Gasteiger partial charge in [0.2, 0.25) is 0 Å². The Labute approximate surface area is 158 Å². The maximum atomic E-state index is 9.95. The molecule has 2 unspecified atom stereocenters. The lowest BCUT2D eigenvalue weighted by molar-refractivity contribution is -0.897. The normalized spacial score (nSPS) is 29.5. The number of nitrogens with one attached hydrogen (secondary N) is 2. The van der Waals surface area contributed by atoms with Gasteiger partial charge in [0.25, 0.3) is 0 Å². The van der Waals surface area contributed by atoms with Crippen LogP contribution in [0, 0.1) is 56.7 Å². The van der Waals surface area contributed by atoms with Crippen molar-refractivity contribution in [3.63, 3.8) is 0 Å². The molecule has 3 rings (SSSR count). The average molecular weight is 365 g/mol. The fourth-order valence-electron chi connectivity index (χ4n) is 4.30. The first kappa shape index (κ1) is 18.2. The van der Waals surface area contributed by atoms with E-state index in [1.165, 1.54) is 4.90 Å². The first-order valence-electron chi connectivity index (χ1n) is 8.62. The van der Waals surface area contributed by atoms with Gasteiger partial charge in [-0.2, -0.15) is 15.8 Å². The number of hydrogen-bond acceptors (Lipinski definition) is 4. The molecule has 0 spiro atoms. The second-order valence-electron chi connectivity index (χ2n) is 6.86. The maximum absolute atomic E-state index is 9.95. The van der Waals surface area contributed by atoms with Crippen molar-refractivity contribution < 1.29 is 4.90 Å². The average Bonchev–Trinajstić information content (AvgIpc) is 2.68. The molecule has 1 fully saturated rings. The molecule has 1 aliphatic heterocycles. The molecular weight excluding hydrogens is 346 g/mol. The van der Waals surface area contributed by atoms with Gasteiger partial charge in [0.15, 0.2) is 5.41 Å². The number of quaternary nitrogens is 1. The first-order valence-corrected chi connectivity index (χ1v) is 9.00. The van der Waals surface area contributed by atoms with Gasteiger partial charge in [-0.25, -0.2) is 0 Å². The van der Waals surface area contributed by atoms with Crippen LogP contribution < -0.4 is 4.90 Å². The van der Waals surface area contributed by atoms with Crippen LogP contribution in [0.3, 0.4) is 0 Å². The van der Waals surface area contributed by atoms with Gasteiger partial charge in [0, 0.05) is 16.9 Å². The van der Waals surface area contributed by atoms with E-state index in [0.717, 1.165) is 30.8 Å². The maximum Gasteiger partial charge on any atom is 0.189 e. The molecule has 4 atom stereocenters. The molecular formula is C20H19ClN5+. The highest BCUT2D eigenvalue weighted by molar-refractivity contribution is 6.30. The summed E-state index contributed by atoms with van der Waals surface area (Å²) in [6.45, 7) is 4.56. The van der Waals surface area contributed by atoms with E-state index in [2.05, 4.69) is 25.1 Å². The van der Waals surface area contributed by atoms with E-state index in [1.54, 1.807) is 12.1 Å². The predicted molar refractivity (Wildman–Crippen MR) is 97.5 cm³/mol. The number of likely N-dealkylation sites (N-methyl/N-ethyl adjacent to an activating group) is 1. The van der Waals surface area contributed by atoms with Gasteiger partial charge in [-0.15, -0.1) is 0 Å². The summed E-state index contributed by atoms with van der Waals surface area (Å²) >= 11 is 6.02. The zero-order chi connectivity index (χ0) is 18.9. The van der Waals surface area contributed by atoms with Crippen molar-refractivity contribution in [2.75, 3.05) is 19.6 Å². The van der Waals surface area contributed by atoms with Gasteiger partial charge >= 0.3 is 0 Å². The van der Waals surface area contributed by atoms with Crippen molar-refractivity contribution in [2.45, 2.75) is 12.8 Å². The molecule has 0 aromatic heterocycles. The SMILES string of the molecule is CC[NH+]1CC=C2C(C#N)C(=N)C(C#N)(C#N)[C@@H](c3ccc(Cl)cc3)[C@H]2C1. The summed E-state index contributed by atoms with van der Waals surface area (Å²) in [4.78, 5) is 1.34. The lowest BCUT2D eigenvalue weighted by Crippen LogP contribution is -3.13. The van der Waals surface area contributed by atoms with Crippen LogP contribution in [0.2, 0.25) is 5.02 Å². The van der Waals surface area contributed by atoms with Gasteiger partial charge in [0.1, 0.15) is 5.92 Å². The van der Waals surface area contributed by atoms with Crippen molar-refractivity contribution in [1.82, 2.24) is 0 Å². The lowest BCUT2D eigenvalue weighted by Gasteiger charge is -2.46. The molecule has 130 valence electrons. The third kappa shape index (κ3) is 2.60. The number of benzene rings is 1. The molecule has 1 aromatic rings. The third-order valence-corrected chi connectivity index (χ3v) is 5.94. The molecule has 0 radical (unpaired) electrons. The summed E-state index contributed by atoms with van der Waals surface area (Å²) in [5, 5.41) is 38.7. The number of rotatable bonds is 2. The van der Waals surface area contributed by atoms with Gasteiger partial charge in [-0.05, 0) is 36.3 Å². The highest BCUT2D eigenvalue weighted by Crippen LogP contribution is 2.52. The Morgan fingerprint density at radius 1 is 1.23 bits per heavy atom. The van der Waals surface area contributed by atoms with Crippen LogP contribution in [0.5, 0.6) is 0 Å². The number of halogens is 1.